The summed E-state index contributed by atoms with van der Waals surface area (Å²) in [5, 5.41) is 0. The summed E-state index contributed by atoms with van der Waals surface area (Å²) in [4.78, 5) is 0. The second kappa shape index (κ2) is 9.27. The van der Waals surface area contributed by atoms with Gasteiger partial charge in [-0.15, -0.1) is 0 Å². The van der Waals surface area contributed by atoms with Crippen molar-refractivity contribution >= 4 is 0 Å². The van der Waals surface area contributed by atoms with Crippen LogP contribution in [-0.4, -0.2) is 13.2 Å². The maximum atomic E-state index is 14.6. The highest BCUT2D eigenvalue weighted by molar-refractivity contribution is 5.65. The fraction of sp³-hybridized carbons (Fsp3) is 0.417. The van der Waals surface area contributed by atoms with E-state index in [1.807, 2.05) is 31.2 Å². The summed E-state index contributed by atoms with van der Waals surface area (Å²) in [7, 11) is 1.78. The molecule has 27 heavy (non-hydrogen) atoms. The van der Waals surface area contributed by atoms with Crippen LogP contribution in [-0.2, 0) is 11.2 Å². The standard InChI is InChI=1S/C24H28F2O/c1-3-4-5-6-20-13-16-22(24(26)23(20)25)19-9-7-17(8-10-19)18-11-14-21(27-2)15-12-18/h3-4,7-10,13,16,18,21H,5-6,11-12,14-15H2,1-2H3/b4-3+. The largest absolute Gasteiger partial charge is 0.381 e. The molecule has 3 rings (SSSR count). The van der Waals surface area contributed by atoms with Gasteiger partial charge in [0.05, 0.1) is 6.10 Å². The molecular weight excluding hydrogens is 342 g/mol. The molecule has 0 heterocycles. The Morgan fingerprint density at radius 1 is 0.963 bits per heavy atom. The summed E-state index contributed by atoms with van der Waals surface area (Å²) in [5.41, 5.74) is 2.76. The number of methoxy groups -OCH3 is 1. The Kier molecular flexibility index (Phi) is 6.78. The predicted octanol–water partition coefficient (Wildman–Crippen LogP) is 6.81. The highest BCUT2D eigenvalue weighted by Gasteiger charge is 2.22. The van der Waals surface area contributed by atoms with Gasteiger partial charge in [-0.25, -0.2) is 8.78 Å². The first-order chi connectivity index (χ1) is 13.1. The van der Waals surface area contributed by atoms with Crippen LogP contribution in [0.4, 0.5) is 8.78 Å². The van der Waals surface area contributed by atoms with E-state index in [0.29, 0.717) is 36.0 Å². The van der Waals surface area contributed by atoms with E-state index in [9.17, 15) is 8.78 Å². The lowest BCUT2D eigenvalue weighted by Crippen LogP contribution is -2.19. The highest BCUT2D eigenvalue weighted by atomic mass is 19.2. The second-order valence-electron chi connectivity index (χ2n) is 7.34. The minimum absolute atomic E-state index is 0.330. The first-order valence-corrected chi connectivity index (χ1v) is 9.85. The van der Waals surface area contributed by atoms with Gasteiger partial charge in [-0.2, -0.15) is 0 Å². The lowest BCUT2D eigenvalue weighted by molar-refractivity contribution is 0.0659. The normalized spacial score (nSPS) is 20.3. The van der Waals surface area contributed by atoms with Crippen LogP contribution in [0, 0.1) is 11.6 Å². The number of aryl methyl sites for hydroxylation is 1. The van der Waals surface area contributed by atoms with Crippen molar-refractivity contribution in [3.63, 3.8) is 0 Å². The van der Waals surface area contributed by atoms with Crippen molar-refractivity contribution in [3.8, 4) is 11.1 Å². The molecule has 3 heteroatoms. The number of rotatable bonds is 6. The molecule has 0 aromatic heterocycles. The van der Waals surface area contributed by atoms with Crippen molar-refractivity contribution in [1.82, 2.24) is 0 Å². The zero-order valence-electron chi connectivity index (χ0n) is 16.2. The van der Waals surface area contributed by atoms with Crippen LogP contribution in [0.15, 0.2) is 48.6 Å². The molecule has 0 unspecified atom stereocenters. The molecule has 0 N–H and O–H groups in total. The Bertz CT molecular complexity index is 772. The van der Waals surface area contributed by atoms with Crippen molar-refractivity contribution in [2.75, 3.05) is 7.11 Å². The Labute approximate surface area is 161 Å². The van der Waals surface area contributed by atoms with E-state index in [4.69, 9.17) is 4.74 Å². The molecule has 0 amide bonds. The molecule has 1 saturated carbocycles. The number of hydrogen-bond donors (Lipinski definition) is 0. The number of ether oxygens (including phenoxy) is 1. The third-order valence-electron chi connectivity index (χ3n) is 5.68. The van der Waals surface area contributed by atoms with Crippen LogP contribution >= 0.6 is 0 Å². The van der Waals surface area contributed by atoms with E-state index < -0.39 is 11.6 Å². The minimum atomic E-state index is -0.749. The van der Waals surface area contributed by atoms with Gasteiger partial charge < -0.3 is 4.74 Å². The van der Waals surface area contributed by atoms with Crippen LogP contribution in [0.5, 0.6) is 0 Å². The first-order valence-electron chi connectivity index (χ1n) is 9.85. The maximum Gasteiger partial charge on any atom is 0.166 e. The Morgan fingerprint density at radius 2 is 1.67 bits per heavy atom. The topological polar surface area (TPSA) is 9.23 Å². The van der Waals surface area contributed by atoms with Crippen molar-refractivity contribution in [3.05, 3.63) is 71.3 Å². The van der Waals surface area contributed by atoms with E-state index in [1.54, 1.807) is 19.2 Å². The van der Waals surface area contributed by atoms with Crippen LogP contribution < -0.4 is 0 Å². The molecule has 0 spiro atoms. The third kappa shape index (κ3) is 4.65. The molecule has 0 aliphatic heterocycles. The fourth-order valence-electron chi connectivity index (χ4n) is 3.98. The number of benzene rings is 2. The zero-order valence-corrected chi connectivity index (χ0v) is 16.2. The number of allylic oxidation sites excluding steroid dienone is 2. The molecule has 0 bridgehead atoms. The second-order valence-corrected chi connectivity index (χ2v) is 7.34. The summed E-state index contributed by atoms with van der Waals surface area (Å²) in [5.74, 6) is -0.943. The Balaban J connectivity index is 1.74. The molecule has 2 aromatic rings. The van der Waals surface area contributed by atoms with Gasteiger partial charge in [0.2, 0.25) is 0 Å². The quantitative estimate of drug-likeness (QED) is 0.507. The Hall–Kier alpha value is -2.00. The smallest absolute Gasteiger partial charge is 0.166 e. The molecule has 0 saturated heterocycles. The molecule has 1 aliphatic carbocycles. The monoisotopic (exact) mass is 370 g/mol. The number of hydrogen-bond acceptors (Lipinski definition) is 1. The molecule has 0 atom stereocenters. The van der Waals surface area contributed by atoms with Gasteiger partial charge in [-0.05, 0) is 68.1 Å². The highest BCUT2D eigenvalue weighted by Crippen LogP contribution is 2.35. The molecule has 1 aliphatic rings. The summed E-state index contributed by atoms with van der Waals surface area (Å²) < 4.78 is 34.4. The summed E-state index contributed by atoms with van der Waals surface area (Å²) in [6.45, 7) is 1.92. The van der Waals surface area contributed by atoms with Crippen LogP contribution in [0.3, 0.4) is 0 Å². The Morgan fingerprint density at radius 3 is 2.30 bits per heavy atom. The van der Waals surface area contributed by atoms with E-state index in [2.05, 4.69) is 12.1 Å². The predicted molar refractivity (Wildman–Crippen MR) is 107 cm³/mol. The summed E-state index contributed by atoms with van der Waals surface area (Å²) in [6.07, 6.45) is 9.88. The van der Waals surface area contributed by atoms with Crippen molar-refractivity contribution < 1.29 is 13.5 Å². The van der Waals surface area contributed by atoms with Gasteiger partial charge in [0, 0.05) is 12.7 Å². The van der Waals surface area contributed by atoms with Gasteiger partial charge in [0.25, 0.3) is 0 Å². The molecule has 1 nitrogen and oxygen atoms in total. The molecular formula is C24H28F2O. The molecule has 0 radical (unpaired) electrons. The van der Waals surface area contributed by atoms with Crippen LogP contribution in [0.1, 0.15) is 56.1 Å². The van der Waals surface area contributed by atoms with E-state index >= 15 is 0 Å². The fourth-order valence-corrected chi connectivity index (χ4v) is 3.98. The van der Waals surface area contributed by atoms with Gasteiger partial charge in [0.15, 0.2) is 11.6 Å². The van der Waals surface area contributed by atoms with Gasteiger partial charge >= 0.3 is 0 Å². The van der Waals surface area contributed by atoms with E-state index in [1.165, 1.54) is 5.56 Å². The SMILES string of the molecule is C/C=C/CCc1ccc(-c2ccc(C3CCC(OC)CC3)cc2)c(F)c1F. The third-order valence-corrected chi connectivity index (χ3v) is 5.68. The minimum Gasteiger partial charge on any atom is -0.381 e. The lowest BCUT2D eigenvalue weighted by Gasteiger charge is -2.28. The van der Waals surface area contributed by atoms with Crippen LogP contribution in [0.25, 0.3) is 11.1 Å². The van der Waals surface area contributed by atoms with Crippen LogP contribution in [0.2, 0.25) is 0 Å². The van der Waals surface area contributed by atoms with E-state index in [0.717, 1.165) is 31.2 Å². The zero-order chi connectivity index (χ0) is 19.2. The molecule has 1 fully saturated rings. The summed E-state index contributed by atoms with van der Waals surface area (Å²) in [6, 6.07) is 11.3. The van der Waals surface area contributed by atoms with Crippen molar-refractivity contribution in [1.29, 1.82) is 0 Å². The maximum absolute atomic E-state index is 14.6. The lowest BCUT2D eigenvalue weighted by atomic mass is 9.82. The van der Waals surface area contributed by atoms with Crippen molar-refractivity contribution in [2.24, 2.45) is 0 Å². The summed E-state index contributed by atoms with van der Waals surface area (Å²) >= 11 is 0. The first kappa shape index (κ1) is 19.8. The molecule has 144 valence electrons. The van der Waals surface area contributed by atoms with Gasteiger partial charge in [-0.1, -0.05) is 48.6 Å². The average molecular weight is 370 g/mol. The van der Waals surface area contributed by atoms with Gasteiger partial charge in [-0.3, -0.25) is 0 Å². The van der Waals surface area contributed by atoms with Gasteiger partial charge in [0.1, 0.15) is 0 Å². The molecule has 2 aromatic carbocycles. The number of halogens is 2. The van der Waals surface area contributed by atoms with E-state index in [-0.39, 0.29) is 0 Å². The van der Waals surface area contributed by atoms with Crippen molar-refractivity contribution in [2.45, 2.75) is 57.5 Å². The average Bonchev–Trinajstić information content (AvgIpc) is 2.72.